The minimum Gasteiger partial charge on any atom is -0.381 e. The van der Waals surface area contributed by atoms with E-state index in [1.165, 1.54) is 0 Å². The van der Waals surface area contributed by atoms with Gasteiger partial charge in [0.2, 0.25) is 0 Å². The number of ether oxygens (including phenoxy) is 2. The van der Waals surface area contributed by atoms with Crippen LogP contribution in [0.2, 0.25) is 0 Å². The summed E-state index contributed by atoms with van der Waals surface area (Å²) in [6, 6.07) is 0.315. The summed E-state index contributed by atoms with van der Waals surface area (Å²) in [5.74, 6) is 1.90. The van der Waals surface area contributed by atoms with E-state index < -0.39 is 0 Å². The van der Waals surface area contributed by atoms with Gasteiger partial charge in [-0.2, -0.15) is 16.9 Å². The lowest BCUT2D eigenvalue weighted by Crippen LogP contribution is -2.67. The van der Waals surface area contributed by atoms with Gasteiger partial charge in [-0.1, -0.05) is 0 Å². The van der Waals surface area contributed by atoms with Gasteiger partial charge in [-0.15, -0.1) is 0 Å². The van der Waals surface area contributed by atoms with Crippen LogP contribution in [0.5, 0.6) is 0 Å². The molecule has 0 bridgehead atoms. The first-order chi connectivity index (χ1) is 13.1. The second-order valence-electron chi connectivity index (χ2n) is 7.76. The normalized spacial score (nSPS) is 30.1. The molecule has 7 nitrogen and oxygen atoms in total. The van der Waals surface area contributed by atoms with Crippen LogP contribution in [0.25, 0.3) is 0 Å². The highest BCUT2D eigenvalue weighted by molar-refractivity contribution is 7.99. The van der Waals surface area contributed by atoms with Crippen LogP contribution in [0.4, 0.5) is 4.79 Å². The smallest absolute Gasteiger partial charge is 0.318 e. The Balaban J connectivity index is 1.45. The number of aryl methyl sites for hydroxylation is 1. The average Bonchev–Trinajstić information content (AvgIpc) is 3.14. The Morgan fingerprint density at radius 1 is 1.48 bits per heavy atom. The highest BCUT2D eigenvalue weighted by Crippen LogP contribution is 2.50. The zero-order chi connectivity index (χ0) is 18.9. The third-order valence-electron chi connectivity index (χ3n) is 6.37. The van der Waals surface area contributed by atoms with Gasteiger partial charge in [0.25, 0.3) is 0 Å². The zero-order valence-electron chi connectivity index (χ0n) is 16.2. The SMILES string of the molecule is CCOC1CC(NC(=O)N2CCSCC2c2cnn(C)c2)C12CCOCC2. The summed E-state index contributed by atoms with van der Waals surface area (Å²) in [5.41, 5.74) is 1.15. The molecule has 2 saturated heterocycles. The molecule has 8 heteroatoms. The lowest BCUT2D eigenvalue weighted by molar-refractivity contribution is -0.170. The molecule has 3 heterocycles. The minimum atomic E-state index is 0.0399. The number of rotatable bonds is 4. The fourth-order valence-electron chi connectivity index (χ4n) is 4.77. The summed E-state index contributed by atoms with van der Waals surface area (Å²) in [5, 5.41) is 7.65. The first-order valence-electron chi connectivity index (χ1n) is 9.97. The Kier molecular flexibility index (Phi) is 5.66. The molecule has 3 fully saturated rings. The second-order valence-corrected chi connectivity index (χ2v) is 8.91. The van der Waals surface area contributed by atoms with E-state index in [-0.39, 0.29) is 29.6 Å². The van der Waals surface area contributed by atoms with E-state index in [2.05, 4.69) is 10.4 Å². The van der Waals surface area contributed by atoms with Crippen molar-refractivity contribution in [3.8, 4) is 0 Å². The number of amides is 2. The van der Waals surface area contributed by atoms with E-state index in [0.717, 1.165) is 62.7 Å². The third kappa shape index (κ3) is 3.59. The molecule has 1 aliphatic carbocycles. The monoisotopic (exact) mass is 394 g/mol. The molecule has 1 aromatic rings. The van der Waals surface area contributed by atoms with Crippen molar-refractivity contribution < 1.29 is 14.3 Å². The van der Waals surface area contributed by atoms with Gasteiger partial charge in [0.05, 0.1) is 18.3 Å². The number of urea groups is 1. The molecule has 4 rings (SSSR count). The fraction of sp³-hybridized carbons (Fsp3) is 0.789. The molecule has 27 heavy (non-hydrogen) atoms. The molecule has 0 radical (unpaired) electrons. The largest absolute Gasteiger partial charge is 0.381 e. The molecule has 2 amide bonds. The van der Waals surface area contributed by atoms with Crippen LogP contribution < -0.4 is 5.32 Å². The van der Waals surface area contributed by atoms with Crippen molar-refractivity contribution in [3.63, 3.8) is 0 Å². The number of nitrogens with one attached hydrogen (secondary N) is 1. The number of hydrogen-bond acceptors (Lipinski definition) is 5. The van der Waals surface area contributed by atoms with Gasteiger partial charge in [-0.3, -0.25) is 4.68 Å². The number of nitrogens with zero attached hydrogens (tertiary/aromatic N) is 3. The Morgan fingerprint density at radius 2 is 2.30 bits per heavy atom. The van der Waals surface area contributed by atoms with E-state index in [1.54, 1.807) is 4.68 Å². The van der Waals surface area contributed by atoms with E-state index in [0.29, 0.717) is 0 Å². The van der Waals surface area contributed by atoms with Crippen LogP contribution in [0.3, 0.4) is 0 Å². The van der Waals surface area contributed by atoms with Crippen molar-refractivity contribution in [1.29, 1.82) is 0 Å². The van der Waals surface area contributed by atoms with Gasteiger partial charge in [-0.05, 0) is 26.2 Å². The number of hydrogen-bond donors (Lipinski definition) is 1. The molecule has 0 aromatic carbocycles. The van der Waals surface area contributed by atoms with Gasteiger partial charge in [0.15, 0.2) is 0 Å². The number of carbonyl (C=O) groups is 1. The molecule has 3 aliphatic rings. The Labute approximate surface area is 165 Å². The summed E-state index contributed by atoms with van der Waals surface area (Å²) < 4.78 is 13.4. The summed E-state index contributed by atoms with van der Waals surface area (Å²) in [7, 11) is 1.92. The predicted octanol–water partition coefficient (Wildman–Crippen LogP) is 2.19. The highest BCUT2D eigenvalue weighted by Gasteiger charge is 2.57. The fourth-order valence-corrected chi connectivity index (χ4v) is 5.86. The minimum absolute atomic E-state index is 0.0399. The molecule has 1 spiro atoms. The van der Waals surface area contributed by atoms with Crippen molar-refractivity contribution in [2.75, 3.05) is 37.9 Å². The van der Waals surface area contributed by atoms with Crippen molar-refractivity contribution >= 4 is 17.8 Å². The molecule has 3 atom stereocenters. The lowest BCUT2D eigenvalue weighted by atomic mass is 9.57. The van der Waals surface area contributed by atoms with Crippen LogP contribution in [-0.4, -0.2) is 70.7 Å². The average molecular weight is 395 g/mol. The van der Waals surface area contributed by atoms with E-state index in [4.69, 9.17) is 9.47 Å². The second kappa shape index (κ2) is 8.01. The summed E-state index contributed by atoms with van der Waals surface area (Å²) in [6.07, 6.45) is 6.97. The molecule has 150 valence electrons. The van der Waals surface area contributed by atoms with E-state index >= 15 is 0 Å². The van der Waals surface area contributed by atoms with Crippen molar-refractivity contribution in [1.82, 2.24) is 20.0 Å². The van der Waals surface area contributed by atoms with Gasteiger partial charge in [0, 0.05) is 68.1 Å². The van der Waals surface area contributed by atoms with Crippen LogP contribution in [0, 0.1) is 5.41 Å². The van der Waals surface area contributed by atoms with Crippen LogP contribution in [-0.2, 0) is 16.5 Å². The third-order valence-corrected chi connectivity index (χ3v) is 7.40. The van der Waals surface area contributed by atoms with Gasteiger partial charge in [-0.25, -0.2) is 4.79 Å². The lowest BCUT2D eigenvalue weighted by Gasteiger charge is -2.57. The maximum atomic E-state index is 13.2. The number of thioether (sulfide) groups is 1. The number of carbonyl (C=O) groups excluding carboxylic acids is 1. The molecule has 1 N–H and O–H groups in total. The Bertz CT molecular complexity index is 661. The molecular formula is C19H30N4O3S. The summed E-state index contributed by atoms with van der Waals surface area (Å²) in [6.45, 7) is 5.06. The molecular weight excluding hydrogens is 364 g/mol. The molecule has 2 aliphatic heterocycles. The van der Waals surface area contributed by atoms with E-state index in [1.807, 2.05) is 43.0 Å². The standard InChI is InChI=1S/C19H30N4O3S/c1-3-26-17-10-16(19(17)4-7-25-8-5-19)21-18(24)23-6-9-27-13-15(23)14-11-20-22(2)12-14/h11-12,15-17H,3-10,13H2,1-2H3,(H,21,24). The summed E-state index contributed by atoms with van der Waals surface area (Å²) >= 11 is 1.90. The quantitative estimate of drug-likeness (QED) is 0.848. The maximum absolute atomic E-state index is 13.2. The summed E-state index contributed by atoms with van der Waals surface area (Å²) in [4.78, 5) is 15.2. The van der Waals surface area contributed by atoms with Crippen LogP contribution >= 0.6 is 11.8 Å². The Morgan fingerprint density at radius 3 is 3.00 bits per heavy atom. The van der Waals surface area contributed by atoms with Gasteiger partial charge in [0.1, 0.15) is 0 Å². The van der Waals surface area contributed by atoms with Crippen molar-refractivity contribution in [2.45, 2.75) is 44.4 Å². The number of aromatic nitrogens is 2. The molecule has 3 unspecified atom stereocenters. The van der Waals surface area contributed by atoms with Crippen molar-refractivity contribution in [2.24, 2.45) is 12.5 Å². The van der Waals surface area contributed by atoms with Crippen LogP contribution in [0.15, 0.2) is 12.4 Å². The first kappa shape index (κ1) is 19.1. The Hall–Kier alpha value is -1.25. The molecule has 1 saturated carbocycles. The van der Waals surface area contributed by atoms with Crippen LogP contribution in [0.1, 0.15) is 37.8 Å². The van der Waals surface area contributed by atoms with E-state index in [9.17, 15) is 4.79 Å². The predicted molar refractivity (Wildman–Crippen MR) is 105 cm³/mol. The topological polar surface area (TPSA) is 68.6 Å². The maximum Gasteiger partial charge on any atom is 0.318 e. The van der Waals surface area contributed by atoms with Crippen molar-refractivity contribution in [3.05, 3.63) is 18.0 Å². The highest BCUT2D eigenvalue weighted by atomic mass is 32.2. The molecule has 1 aromatic heterocycles. The van der Waals surface area contributed by atoms with Gasteiger partial charge < -0.3 is 19.7 Å². The first-order valence-corrected chi connectivity index (χ1v) is 11.1. The van der Waals surface area contributed by atoms with Gasteiger partial charge >= 0.3 is 6.03 Å². The zero-order valence-corrected chi connectivity index (χ0v) is 17.0.